The molecule has 1 radical (unpaired) electrons. The molecule has 2 aliphatic rings. The average Bonchev–Trinajstić information content (AvgIpc) is 2.45. The fraction of sp³-hybridized carbons (Fsp3) is 0.857. The third-order valence-electron chi connectivity index (χ3n) is 2.23. The van der Waals surface area contributed by atoms with Gasteiger partial charge in [0.1, 0.15) is 0 Å². The Morgan fingerprint density at radius 3 is 3.11 bits per heavy atom. The molecule has 0 aromatic carbocycles. The third kappa shape index (κ3) is 0.864. The van der Waals surface area contributed by atoms with Crippen molar-refractivity contribution < 1.29 is 4.74 Å². The molecule has 0 amide bonds. The topological polar surface area (TPSA) is 21.3 Å². The van der Waals surface area contributed by atoms with Crippen LogP contribution >= 0.6 is 0 Å². The smallest absolute Gasteiger partial charge is 0.0822 e. The summed E-state index contributed by atoms with van der Waals surface area (Å²) >= 11 is 0. The van der Waals surface area contributed by atoms with Crippen LogP contribution in [0, 0.1) is 6.42 Å². The zero-order valence-corrected chi connectivity index (χ0v) is 5.52. The van der Waals surface area contributed by atoms with Gasteiger partial charge in [-0.1, -0.05) is 0 Å². The molecular formula is C7H12NO. The monoisotopic (exact) mass is 126 g/mol. The van der Waals surface area contributed by atoms with E-state index >= 15 is 0 Å². The van der Waals surface area contributed by atoms with Crippen molar-refractivity contribution in [1.29, 1.82) is 0 Å². The van der Waals surface area contributed by atoms with Gasteiger partial charge in [0, 0.05) is 6.54 Å². The van der Waals surface area contributed by atoms with Crippen LogP contribution in [0.3, 0.4) is 0 Å². The second-order valence-corrected chi connectivity index (χ2v) is 2.91. The quantitative estimate of drug-likeness (QED) is 0.505. The van der Waals surface area contributed by atoms with Crippen LogP contribution in [0.5, 0.6) is 0 Å². The van der Waals surface area contributed by atoms with Gasteiger partial charge in [-0.15, -0.1) is 0 Å². The van der Waals surface area contributed by atoms with Crippen LogP contribution in [0.2, 0.25) is 0 Å². The van der Waals surface area contributed by atoms with E-state index in [1.54, 1.807) is 0 Å². The predicted octanol–water partition coefficient (Wildman–Crippen LogP) is 0.343. The lowest BCUT2D eigenvalue weighted by Gasteiger charge is -2.19. The van der Waals surface area contributed by atoms with Crippen molar-refractivity contribution in [3.8, 4) is 0 Å². The van der Waals surface area contributed by atoms with Gasteiger partial charge in [-0.25, -0.2) is 0 Å². The predicted molar refractivity (Wildman–Crippen MR) is 35.1 cm³/mol. The van der Waals surface area contributed by atoms with Crippen LogP contribution in [0.1, 0.15) is 12.8 Å². The van der Waals surface area contributed by atoms with Crippen LogP contribution in [0.25, 0.3) is 0 Å². The van der Waals surface area contributed by atoms with E-state index in [9.17, 15) is 0 Å². The maximum absolute atomic E-state index is 5.58. The molecule has 2 aliphatic heterocycles. The molecule has 2 nitrogen and oxygen atoms in total. The van der Waals surface area contributed by atoms with Crippen LogP contribution in [-0.4, -0.2) is 25.3 Å². The molecule has 0 aromatic heterocycles. The second kappa shape index (κ2) is 1.96. The molecular weight excluding hydrogens is 114 g/mol. The second-order valence-electron chi connectivity index (χ2n) is 2.91. The number of hydrogen-bond acceptors (Lipinski definition) is 2. The Bertz CT molecular complexity index is 84.0. The Morgan fingerprint density at radius 1 is 1.56 bits per heavy atom. The van der Waals surface area contributed by atoms with Crippen molar-refractivity contribution in [1.82, 2.24) is 5.32 Å². The summed E-state index contributed by atoms with van der Waals surface area (Å²) < 4.78 is 5.58. The van der Waals surface area contributed by atoms with Crippen LogP contribution < -0.4 is 5.32 Å². The van der Waals surface area contributed by atoms with Crippen molar-refractivity contribution in [3.05, 3.63) is 6.42 Å². The van der Waals surface area contributed by atoms with E-state index < -0.39 is 0 Å². The van der Waals surface area contributed by atoms with E-state index in [-0.39, 0.29) is 5.60 Å². The van der Waals surface area contributed by atoms with Crippen molar-refractivity contribution in [2.24, 2.45) is 0 Å². The first kappa shape index (κ1) is 5.69. The fourth-order valence-corrected chi connectivity index (χ4v) is 1.63. The molecule has 1 N–H and O–H groups in total. The normalized spacial score (nSPS) is 42.7. The van der Waals surface area contributed by atoms with E-state index in [0.717, 1.165) is 26.1 Å². The minimum Gasteiger partial charge on any atom is -0.373 e. The summed E-state index contributed by atoms with van der Waals surface area (Å²) in [6, 6.07) is 0. The molecule has 0 aliphatic carbocycles. The van der Waals surface area contributed by atoms with Gasteiger partial charge in [0.15, 0.2) is 0 Å². The molecule has 2 saturated heterocycles. The summed E-state index contributed by atoms with van der Waals surface area (Å²) in [5.74, 6) is 0. The minimum atomic E-state index is 0.222. The highest BCUT2D eigenvalue weighted by Crippen LogP contribution is 2.30. The molecule has 0 saturated carbocycles. The zero-order chi connectivity index (χ0) is 6.16. The molecule has 0 aromatic rings. The molecule has 1 spiro atoms. The Labute approximate surface area is 55.6 Å². The Kier molecular flexibility index (Phi) is 1.24. The molecule has 2 heterocycles. The summed E-state index contributed by atoms with van der Waals surface area (Å²) in [5, 5.41) is 3.31. The molecule has 2 fully saturated rings. The van der Waals surface area contributed by atoms with Crippen molar-refractivity contribution in [2.45, 2.75) is 18.4 Å². The summed E-state index contributed by atoms with van der Waals surface area (Å²) in [7, 11) is 0. The molecule has 1 atom stereocenters. The van der Waals surface area contributed by atoms with Gasteiger partial charge in [-0.2, -0.15) is 0 Å². The number of hydrogen-bond donors (Lipinski definition) is 1. The van der Waals surface area contributed by atoms with Gasteiger partial charge in [-0.3, -0.25) is 0 Å². The highest BCUT2D eigenvalue weighted by Gasteiger charge is 2.37. The summed E-state index contributed by atoms with van der Waals surface area (Å²) in [6.45, 7) is 3.05. The first-order valence-corrected chi connectivity index (χ1v) is 3.58. The number of nitrogens with one attached hydrogen (secondary N) is 1. The van der Waals surface area contributed by atoms with E-state index in [1.165, 1.54) is 6.42 Å². The first-order valence-electron chi connectivity index (χ1n) is 3.58. The molecule has 0 unspecified atom stereocenters. The maximum atomic E-state index is 5.58. The number of rotatable bonds is 0. The van der Waals surface area contributed by atoms with Crippen molar-refractivity contribution in [3.63, 3.8) is 0 Å². The fourth-order valence-electron chi connectivity index (χ4n) is 1.63. The third-order valence-corrected chi connectivity index (χ3v) is 2.23. The maximum Gasteiger partial charge on any atom is 0.0822 e. The van der Waals surface area contributed by atoms with Crippen LogP contribution in [0.4, 0.5) is 0 Å². The number of ether oxygens (including phenoxy) is 1. The molecule has 51 valence electrons. The lowest BCUT2D eigenvalue weighted by atomic mass is 10.00. The van der Waals surface area contributed by atoms with E-state index in [4.69, 9.17) is 4.74 Å². The SMILES string of the molecule is [CH]1CO[C@@]2(C1)CCNC2. The Morgan fingerprint density at radius 2 is 2.56 bits per heavy atom. The largest absolute Gasteiger partial charge is 0.373 e. The first-order chi connectivity index (χ1) is 4.41. The molecule has 0 bridgehead atoms. The highest BCUT2D eigenvalue weighted by atomic mass is 16.5. The average molecular weight is 126 g/mol. The molecule has 2 rings (SSSR count). The van der Waals surface area contributed by atoms with Gasteiger partial charge in [0.25, 0.3) is 0 Å². The van der Waals surface area contributed by atoms with Gasteiger partial charge >= 0.3 is 0 Å². The Balaban J connectivity index is 2.04. The van der Waals surface area contributed by atoms with Crippen molar-refractivity contribution in [2.75, 3.05) is 19.7 Å². The van der Waals surface area contributed by atoms with Gasteiger partial charge < -0.3 is 10.1 Å². The van der Waals surface area contributed by atoms with Gasteiger partial charge in [0.05, 0.1) is 12.2 Å². The van der Waals surface area contributed by atoms with Gasteiger partial charge in [0.2, 0.25) is 0 Å². The zero-order valence-electron chi connectivity index (χ0n) is 5.52. The highest BCUT2D eigenvalue weighted by molar-refractivity contribution is 4.98. The van der Waals surface area contributed by atoms with E-state index in [0.29, 0.717) is 0 Å². The standard InChI is InChI=1S/C7H12NO/c1-2-7(9-5-1)3-4-8-6-7/h1,8H,2-6H2/t7-/m0/s1. The Hall–Kier alpha value is -0.0800. The van der Waals surface area contributed by atoms with Crippen LogP contribution in [0.15, 0.2) is 0 Å². The van der Waals surface area contributed by atoms with E-state index in [1.807, 2.05) is 0 Å². The van der Waals surface area contributed by atoms with E-state index in [2.05, 4.69) is 11.7 Å². The van der Waals surface area contributed by atoms with Crippen molar-refractivity contribution >= 4 is 0 Å². The minimum absolute atomic E-state index is 0.222. The summed E-state index contributed by atoms with van der Waals surface area (Å²) in [4.78, 5) is 0. The molecule has 2 heteroatoms. The summed E-state index contributed by atoms with van der Waals surface area (Å²) in [6.07, 6.45) is 4.58. The lowest BCUT2D eigenvalue weighted by Crippen LogP contribution is -2.29. The summed E-state index contributed by atoms with van der Waals surface area (Å²) in [5.41, 5.74) is 0.222. The molecule has 9 heavy (non-hydrogen) atoms. The lowest BCUT2D eigenvalue weighted by molar-refractivity contribution is 0.0225. The van der Waals surface area contributed by atoms with Gasteiger partial charge in [-0.05, 0) is 25.8 Å². The van der Waals surface area contributed by atoms with Crippen LogP contribution in [-0.2, 0) is 4.74 Å².